The Labute approximate surface area is 76.7 Å². The zero-order valence-corrected chi connectivity index (χ0v) is 7.59. The van der Waals surface area contributed by atoms with Crippen LogP contribution in [0.1, 0.15) is 5.69 Å². The number of halogens is 3. The van der Waals surface area contributed by atoms with Crippen LogP contribution in [-0.2, 0) is 11.3 Å². The standard InChI is InChI=1S/C7H6BrF2NO/c8-6-3-1-2-5(11-6)4-12-7(9)10/h1-3,7H,4H2. The second kappa shape index (κ2) is 4.47. The molecule has 12 heavy (non-hydrogen) atoms. The Hall–Kier alpha value is -0.550. The van der Waals surface area contributed by atoms with Crippen molar-refractivity contribution >= 4 is 15.9 Å². The number of ether oxygens (including phenoxy) is 1. The van der Waals surface area contributed by atoms with Gasteiger partial charge in [-0.3, -0.25) is 0 Å². The average molecular weight is 238 g/mol. The van der Waals surface area contributed by atoms with Crippen molar-refractivity contribution in [2.45, 2.75) is 13.2 Å². The lowest BCUT2D eigenvalue weighted by Crippen LogP contribution is -2.00. The highest BCUT2D eigenvalue weighted by Crippen LogP contribution is 2.08. The van der Waals surface area contributed by atoms with Crippen LogP contribution in [0.15, 0.2) is 22.8 Å². The van der Waals surface area contributed by atoms with E-state index < -0.39 is 6.61 Å². The van der Waals surface area contributed by atoms with Gasteiger partial charge in [0.15, 0.2) is 0 Å². The molecule has 0 saturated carbocycles. The molecule has 66 valence electrons. The van der Waals surface area contributed by atoms with E-state index in [4.69, 9.17) is 0 Å². The van der Waals surface area contributed by atoms with Gasteiger partial charge in [0.1, 0.15) is 4.60 Å². The number of hydrogen-bond acceptors (Lipinski definition) is 2. The van der Waals surface area contributed by atoms with Gasteiger partial charge in [0.05, 0.1) is 12.3 Å². The fourth-order valence-electron chi connectivity index (χ4n) is 0.679. The van der Waals surface area contributed by atoms with Crippen LogP contribution < -0.4 is 0 Å². The normalized spacial score (nSPS) is 10.7. The van der Waals surface area contributed by atoms with Gasteiger partial charge in [-0.1, -0.05) is 6.07 Å². The van der Waals surface area contributed by atoms with Gasteiger partial charge in [-0.15, -0.1) is 0 Å². The molecule has 1 aromatic heterocycles. The van der Waals surface area contributed by atoms with Gasteiger partial charge in [0.25, 0.3) is 0 Å². The summed E-state index contributed by atoms with van der Waals surface area (Å²) in [7, 11) is 0. The molecule has 0 amide bonds. The summed E-state index contributed by atoms with van der Waals surface area (Å²) < 4.78 is 27.8. The van der Waals surface area contributed by atoms with Gasteiger partial charge in [0, 0.05) is 0 Å². The number of aromatic nitrogens is 1. The molecule has 1 aromatic rings. The molecule has 1 rings (SSSR count). The zero-order chi connectivity index (χ0) is 8.97. The summed E-state index contributed by atoms with van der Waals surface area (Å²) in [5.41, 5.74) is 0.477. The lowest BCUT2D eigenvalue weighted by molar-refractivity contribution is -0.137. The van der Waals surface area contributed by atoms with E-state index in [1.54, 1.807) is 18.2 Å². The van der Waals surface area contributed by atoms with Crippen LogP contribution in [0.3, 0.4) is 0 Å². The van der Waals surface area contributed by atoms with Crippen LogP contribution in [0.4, 0.5) is 8.78 Å². The van der Waals surface area contributed by atoms with Crippen molar-refractivity contribution in [1.82, 2.24) is 4.98 Å². The SMILES string of the molecule is FC(F)OCc1cccc(Br)n1. The Kier molecular flexibility index (Phi) is 3.55. The smallest absolute Gasteiger partial charge is 0.317 e. The third-order valence-electron chi connectivity index (χ3n) is 1.13. The Morgan fingerprint density at radius 2 is 2.25 bits per heavy atom. The molecule has 0 atom stereocenters. The van der Waals surface area contributed by atoms with Crippen LogP contribution in [0, 0.1) is 0 Å². The van der Waals surface area contributed by atoms with Crippen LogP contribution in [0.25, 0.3) is 0 Å². The van der Waals surface area contributed by atoms with Gasteiger partial charge in [-0.05, 0) is 28.1 Å². The van der Waals surface area contributed by atoms with Crippen LogP contribution >= 0.6 is 15.9 Å². The van der Waals surface area contributed by atoms with E-state index in [0.29, 0.717) is 10.3 Å². The third kappa shape index (κ3) is 3.23. The molecule has 0 N–H and O–H groups in total. The molecule has 1 heterocycles. The highest BCUT2D eigenvalue weighted by atomic mass is 79.9. The molecule has 0 aliphatic rings. The van der Waals surface area contributed by atoms with Crippen molar-refractivity contribution in [3.8, 4) is 0 Å². The fourth-order valence-corrected chi connectivity index (χ4v) is 1.06. The topological polar surface area (TPSA) is 22.1 Å². The van der Waals surface area contributed by atoms with E-state index in [-0.39, 0.29) is 6.61 Å². The van der Waals surface area contributed by atoms with Crippen molar-refractivity contribution in [2.75, 3.05) is 0 Å². The first-order valence-corrected chi connectivity index (χ1v) is 3.99. The van der Waals surface area contributed by atoms with E-state index in [2.05, 4.69) is 25.7 Å². The van der Waals surface area contributed by atoms with Crippen molar-refractivity contribution in [1.29, 1.82) is 0 Å². The highest BCUT2D eigenvalue weighted by Gasteiger charge is 2.02. The monoisotopic (exact) mass is 237 g/mol. The molecule has 0 aliphatic heterocycles. The number of alkyl halides is 2. The summed E-state index contributed by atoms with van der Waals surface area (Å²) in [5.74, 6) is 0. The zero-order valence-electron chi connectivity index (χ0n) is 6.01. The molecule has 2 nitrogen and oxygen atoms in total. The number of hydrogen-bond donors (Lipinski definition) is 0. The molecule has 0 spiro atoms. The molecule has 0 bridgehead atoms. The van der Waals surface area contributed by atoms with Crippen molar-refractivity contribution < 1.29 is 13.5 Å². The number of pyridine rings is 1. The molecule has 0 unspecified atom stereocenters. The molecule has 0 saturated heterocycles. The molecule has 0 aromatic carbocycles. The number of nitrogens with zero attached hydrogens (tertiary/aromatic N) is 1. The van der Waals surface area contributed by atoms with Gasteiger partial charge in [-0.2, -0.15) is 8.78 Å². The maximum Gasteiger partial charge on any atom is 0.345 e. The largest absolute Gasteiger partial charge is 0.345 e. The summed E-state index contributed by atoms with van der Waals surface area (Å²) >= 11 is 3.11. The van der Waals surface area contributed by atoms with Crippen LogP contribution in [0.5, 0.6) is 0 Å². The van der Waals surface area contributed by atoms with Gasteiger partial charge in [-0.25, -0.2) is 4.98 Å². The first-order valence-electron chi connectivity index (χ1n) is 3.19. The van der Waals surface area contributed by atoms with Crippen LogP contribution in [0.2, 0.25) is 0 Å². The minimum Gasteiger partial charge on any atom is -0.317 e. The average Bonchev–Trinajstić information content (AvgIpc) is 2.01. The summed E-state index contributed by atoms with van der Waals surface area (Å²) in [5, 5.41) is 0. The Balaban J connectivity index is 2.52. The van der Waals surface area contributed by atoms with E-state index in [0.717, 1.165) is 0 Å². The second-order valence-electron chi connectivity index (χ2n) is 2.02. The van der Waals surface area contributed by atoms with E-state index in [9.17, 15) is 8.78 Å². The number of rotatable bonds is 3. The van der Waals surface area contributed by atoms with Crippen LogP contribution in [-0.4, -0.2) is 11.6 Å². The van der Waals surface area contributed by atoms with Crippen molar-refractivity contribution in [3.63, 3.8) is 0 Å². The van der Waals surface area contributed by atoms with E-state index in [1.807, 2.05) is 0 Å². The lowest BCUT2D eigenvalue weighted by Gasteiger charge is -2.01. The molecular weight excluding hydrogens is 232 g/mol. The minimum absolute atomic E-state index is 0.170. The summed E-state index contributed by atoms with van der Waals surface area (Å²) in [4.78, 5) is 3.90. The lowest BCUT2D eigenvalue weighted by atomic mass is 10.4. The maximum atomic E-state index is 11.6. The summed E-state index contributed by atoms with van der Waals surface area (Å²) in [6.07, 6.45) is 0. The highest BCUT2D eigenvalue weighted by molar-refractivity contribution is 9.10. The quantitative estimate of drug-likeness (QED) is 0.755. The third-order valence-corrected chi connectivity index (χ3v) is 1.57. The molecular formula is C7H6BrF2NO. The Morgan fingerprint density at radius 1 is 1.50 bits per heavy atom. The molecule has 0 aliphatic carbocycles. The van der Waals surface area contributed by atoms with E-state index in [1.165, 1.54) is 0 Å². The Morgan fingerprint density at radius 3 is 2.83 bits per heavy atom. The predicted molar refractivity (Wildman–Crippen MR) is 42.7 cm³/mol. The molecule has 5 heteroatoms. The van der Waals surface area contributed by atoms with Crippen molar-refractivity contribution in [2.24, 2.45) is 0 Å². The minimum atomic E-state index is -2.74. The van der Waals surface area contributed by atoms with Gasteiger partial charge < -0.3 is 4.74 Å². The van der Waals surface area contributed by atoms with Crippen molar-refractivity contribution in [3.05, 3.63) is 28.5 Å². The van der Waals surface area contributed by atoms with Gasteiger partial charge >= 0.3 is 6.61 Å². The fraction of sp³-hybridized carbons (Fsp3) is 0.286. The molecule has 0 fully saturated rings. The second-order valence-corrected chi connectivity index (χ2v) is 2.84. The predicted octanol–water partition coefficient (Wildman–Crippen LogP) is 2.58. The maximum absolute atomic E-state index is 11.6. The summed E-state index contributed by atoms with van der Waals surface area (Å²) in [6, 6.07) is 5.04. The Bertz CT molecular complexity index is 257. The van der Waals surface area contributed by atoms with E-state index >= 15 is 0 Å². The first-order chi connectivity index (χ1) is 5.68. The molecule has 0 radical (unpaired) electrons. The summed E-state index contributed by atoms with van der Waals surface area (Å²) in [6.45, 7) is -2.91. The first kappa shape index (κ1) is 9.54. The van der Waals surface area contributed by atoms with Gasteiger partial charge in [0.2, 0.25) is 0 Å².